The zero-order chi connectivity index (χ0) is 9.28. The Morgan fingerprint density at radius 1 is 1.64 bits per heavy atom. The van der Waals surface area contributed by atoms with Gasteiger partial charge in [-0.15, -0.1) is 0 Å². The van der Waals surface area contributed by atoms with E-state index < -0.39 is 27.4 Å². The van der Waals surface area contributed by atoms with Crippen LogP contribution in [0.5, 0.6) is 0 Å². The molecule has 68 valence electrons. The topological polar surface area (TPSA) is 74.6 Å². The first-order valence-electron chi connectivity index (χ1n) is 2.32. The quantitative estimate of drug-likeness (QED) is 0.511. The van der Waals surface area contributed by atoms with E-state index >= 15 is 0 Å². The predicted octanol–water partition coefficient (Wildman–Crippen LogP) is 0.0667. The van der Waals surface area contributed by atoms with Crippen LogP contribution in [-0.2, 0) is 10.1 Å². The Kier molecular flexibility index (Phi) is 3.18. The van der Waals surface area contributed by atoms with Crippen LogP contribution in [0.4, 0.5) is 8.78 Å². The molecule has 0 saturated carbocycles. The van der Waals surface area contributed by atoms with Crippen molar-refractivity contribution in [2.45, 2.75) is 10.6 Å². The number of hydrogen-bond acceptors (Lipinski definition) is 3. The smallest absolute Gasteiger partial charge is 0.313 e. The van der Waals surface area contributed by atoms with Crippen molar-refractivity contribution in [1.82, 2.24) is 0 Å². The van der Waals surface area contributed by atoms with Gasteiger partial charge in [-0.05, 0) is 0 Å². The van der Waals surface area contributed by atoms with Crippen LogP contribution < -0.4 is 0 Å². The molecule has 8 heteroatoms. The molecule has 0 amide bonds. The molecule has 0 rings (SSSR count). The van der Waals surface area contributed by atoms with Gasteiger partial charge >= 0.3 is 14.5 Å². The average Bonchev–Trinajstić information content (AvgIpc) is 1.83. The van der Waals surface area contributed by atoms with E-state index in [0.29, 0.717) is 0 Å². The van der Waals surface area contributed by atoms with Crippen LogP contribution in [0.3, 0.4) is 0 Å². The Labute approximate surface area is 66.5 Å². The van der Waals surface area contributed by atoms with Gasteiger partial charge < -0.3 is 5.11 Å². The summed E-state index contributed by atoms with van der Waals surface area (Å²) in [5, 5.41) is 8.43. The molecule has 0 fully saturated rings. The molecule has 0 heterocycles. The standard InChI is InChI=1S/C3H5ClF2O4S/c4-3(7,2(6)1-5)11(8,9)10/h2,7H,1H2,(H,8,9,10). The van der Waals surface area contributed by atoms with E-state index in [9.17, 15) is 17.2 Å². The fourth-order valence-corrected chi connectivity index (χ4v) is 0.701. The van der Waals surface area contributed by atoms with Gasteiger partial charge in [0.15, 0.2) is 6.17 Å². The number of alkyl halides is 3. The van der Waals surface area contributed by atoms with Gasteiger partial charge in [-0.1, -0.05) is 11.6 Å². The lowest BCUT2D eigenvalue weighted by Crippen LogP contribution is -2.42. The summed E-state index contributed by atoms with van der Waals surface area (Å²) in [6.45, 7) is -1.81. The van der Waals surface area contributed by atoms with Gasteiger partial charge in [-0.2, -0.15) is 8.42 Å². The summed E-state index contributed by atoms with van der Waals surface area (Å²) in [5.74, 6) is 0. The summed E-state index contributed by atoms with van der Waals surface area (Å²) in [6, 6.07) is 0. The predicted molar refractivity (Wildman–Crippen MR) is 33.2 cm³/mol. The number of aliphatic hydroxyl groups is 1. The third-order valence-electron chi connectivity index (χ3n) is 0.884. The largest absolute Gasteiger partial charge is 0.358 e. The number of hydrogen-bond donors (Lipinski definition) is 2. The molecule has 0 aromatic heterocycles. The minimum atomic E-state index is -5.21. The van der Waals surface area contributed by atoms with Crippen molar-refractivity contribution < 1.29 is 26.9 Å². The fraction of sp³-hybridized carbons (Fsp3) is 1.00. The highest BCUT2D eigenvalue weighted by atomic mass is 35.5. The normalized spacial score (nSPS) is 20.8. The molecule has 0 aliphatic rings. The van der Waals surface area contributed by atoms with Crippen LogP contribution in [0.25, 0.3) is 0 Å². The van der Waals surface area contributed by atoms with Crippen LogP contribution in [0, 0.1) is 0 Å². The van der Waals surface area contributed by atoms with E-state index in [0.717, 1.165) is 0 Å². The molecule has 0 aromatic carbocycles. The van der Waals surface area contributed by atoms with E-state index in [2.05, 4.69) is 11.6 Å². The Bertz CT molecular complexity index is 225. The van der Waals surface area contributed by atoms with Gasteiger partial charge in [-0.3, -0.25) is 4.55 Å². The van der Waals surface area contributed by atoms with Crippen molar-refractivity contribution in [2.24, 2.45) is 0 Å². The van der Waals surface area contributed by atoms with Crippen LogP contribution >= 0.6 is 11.6 Å². The van der Waals surface area contributed by atoms with E-state index in [1.165, 1.54) is 0 Å². The summed E-state index contributed by atoms with van der Waals surface area (Å²) in [6.07, 6.45) is -2.88. The Morgan fingerprint density at radius 3 is 2.09 bits per heavy atom. The number of halogens is 3. The van der Waals surface area contributed by atoms with E-state index in [-0.39, 0.29) is 0 Å². The molecular weight excluding hydrogens is 206 g/mol. The molecule has 0 aromatic rings. The summed E-state index contributed by atoms with van der Waals surface area (Å²) in [5.41, 5.74) is 0. The van der Waals surface area contributed by atoms with E-state index in [1.807, 2.05) is 0 Å². The maximum atomic E-state index is 12.1. The second-order valence-electron chi connectivity index (χ2n) is 1.71. The second-order valence-corrected chi connectivity index (χ2v) is 4.08. The minimum absolute atomic E-state index is 1.81. The highest BCUT2D eigenvalue weighted by Gasteiger charge is 2.47. The van der Waals surface area contributed by atoms with Crippen LogP contribution in [-0.4, -0.2) is 35.3 Å². The molecule has 2 N–H and O–H groups in total. The summed E-state index contributed by atoms with van der Waals surface area (Å²) >= 11 is 4.57. The monoisotopic (exact) mass is 210 g/mol. The highest BCUT2D eigenvalue weighted by Crippen LogP contribution is 2.25. The van der Waals surface area contributed by atoms with Crippen LogP contribution in [0.2, 0.25) is 0 Å². The lowest BCUT2D eigenvalue weighted by molar-refractivity contribution is 0.0796. The first kappa shape index (κ1) is 11.0. The van der Waals surface area contributed by atoms with Crippen molar-refractivity contribution in [3.8, 4) is 0 Å². The zero-order valence-corrected chi connectivity index (χ0v) is 6.61. The Balaban J connectivity index is 4.74. The first-order chi connectivity index (χ1) is 4.73. The molecule has 0 saturated heterocycles. The van der Waals surface area contributed by atoms with Gasteiger partial charge in [-0.25, -0.2) is 8.78 Å². The third-order valence-corrected chi connectivity index (χ3v) is 2.68. The van der Waals surface area contributed by atoms with Crippen molar-refractivity contribution in [1.29, 1.82) is 0 Å². The Morgan fingerprint density at radius 2 is 2.00 bits per heavy atom. The fourth-order valence-electron chi connectivity index (χ4n) is 0.257. The summed E-state index contributed by atoms with van der Waals surface area (Å²) in [7, 11) is -5.21. The van der Waals surface area contributed by atoms with Crippen LogP contribution in [0.15, 0.2) is 0 Å². The van der Waals surface area contributed by atoms with Gasteiger partial charge in [0.05, 0.1) is 0 Å². The molecule has 0 radical (unpaired) electrons. The molecule has 0 aliphatic heterocycles. The lowest BCUT2D eigenvalue weighted by Gasteiger charge is -2.18. The van der Waals surface area contributed by atoms with Gasteiger partial charge in [0, 0.05) is 0 Å². The lowest BCUT2D eigenvalue weighted by atomic mass is 10.4. The van der Waals surface area contributed by atoms with E-state index in [4.69, 9.17) is 9.66 Å². The maximum Gasteiger partial charge on any atom is 0.313 e. The van der Waals surface area contributed by atoms with E-state index in [1.54, 1.807) is 0 Å². The van der Waals surface area contributed by atoms with Gasteiger partial charge in [0.25, 0.3) is 0 Å². The zero-order valence-electron chi connectivity index (χ0n) is 5.04. The molecular formula is C3H5ClF2O4S. The second kappa shape index (κ2) is 3.18. The first-order valence-corrected chi connectivity index (χ1v) is 4.13. The highest BCUT2D eigenvalue weighted by molar-refractivity contribution is 7.88. The third kappa shape index (κ3) is 2.22. The molecule has 0 bridgehead atoms. The minimum Gasteiger partial charge on any atom is -0.358 e. The molecule has 0 spiro atoms. The van der Waals surface area contributed by atoms with Crippen molar-refractivity contribution in [3.63, 3.8) is 0 Å². The van der Waals surface area contributed by atoms with Crippen molar-refractivity contribution in [2.75, 3.05) is 6.67 Å². The molecule has 2 atom stereocenters. The summed E-state index contributed by atoms with van der Waals surface area (Å²) < 4.78 is 48.0. The Hall–Kier alpha value is 0.0200. The SMILES string of the molecule is O=S(=O)(O)C(O)(Cl)C(F)CF. The number of rotatable bonds is 3. The van der Waals surface area contributed by atoms with Gasteiger partial charge in [0.1, 0.15) is 6.67 Å². The van der Waals surface area contributed by atoms with Crippen molar-refractivity contribution in [3.05, 3.63) is 0 Å². The molecule has 4 nitrogen and oxygen atoms in total. The van der Waals surface area contributed by atoms with Crippen LogP contribution in [0.1, 0.15) is 0 Å². The molecule has 11 heavy (non-hydrogen) atoms. The maximum absolute atomic E-state index is 12.1. The summed E-state index contributed by atoms with van der Waals surface area (Å²) in [4.78, 5) is 0. The average molecular weight is 211 g/mol. The molecule has 0 aliphatic carbocycles. The molecule has 2 unspecified atom stereocenters. The van der Waals surface area contributed by atoms with Gasteiger partial charge in [0.2, 0.25) is 0 Å². The van der Waals surface area contributed by atoms with Crippen molar-refractivity contribution >= 4 is 21.7 Å².